The summed E-state index contributed by atoms with van der Waals surface area (Å²) in [5.74, 6) is -0.467. The summed E-state index contributed by atoms with van der Waals surface area (Å²) in [5, 5.41) is 7.90. The van der Waals surface area contributed by atoms with E-state index in [0.717, 1.165) is 25.2 Å². The highest BCUT2D eigenvalue weighted by atomic mass is 32.1. The number of amides is 2. The van der Waals surface area contributed by atoms with E-state index in [9.17, 15) is 9.59 Å². The van der Waals surface area contributed by atoms with Crippen LogP contribution < -0.4 is 10.6 Å². The molecule has 0 unspecified atom stereocenters. The number of rotatable bonds is 9. The van der Waals surface area contributed by atoms with Crippen LogP contribution in [0, 0.1) is 0 Å². The Kier molecular flexibility index (Phi) is 7.70. The predicted octanol–water partition coefficient (Wildman–Crippen LogP) is 4.17. The largest absolute Gasteiger partial charge is 0.348 e. The summed E-state index contributed by atoms with van der Waals surface area (Å²) < 4.78 is 0. The molecule has 7 heteroatoms. The Morgan fingerprint density at radius 2 is 1.77 bits per heavy atom. The summed E-state index contributed by atoms with van der Waals surface area (Å²) in [6.07, 6.45) is 1.58. The van der Waals surface area contributed by atoms with Crippen LogP contribution in [0.2, 0.25) is 0 Å². The van der Waals surface area contributed by atoms with Crippen molar-refractivity contribution < 1.29 is 9.59 Å². The monoisotopic (exact) mass is 422 g/mol. The second-order valence-electron chi connectivity index (χ2n) is 6.78. The Morgan fingerprint density at radius 3 is 2.47 bits per heavy atom. The topological polar surface area (TPSA) is 74.3 Å². The summed E-state index contributed by atoms with van der Waals surface area (Å²) >= 11 is 1.27. The Bertz CT molecular complexity index is 984. The second-order valence-corrected chi connectivity index (χ2v) is 7.68. The Labute approximate surface area is 181 Å². The first-order valence-corrected chi connectivity index (χ1v) is 10.9. The number of nitrogens with one attached hydrogen (secondary N) is 2. The lowest BCUT2D eigenvalue weighted by atomic mass is 10.1. The van der Waals surface area contributed by atoms with Gasteiger partial charge in [-0.2, -0.15) is 0 Å². The van der Waals surface area contributed by atoms with Crippen molar-refractivity contribution in [2.75, 3.05) is 18.4 Å². The summed E-state index contributed by atoms with van der Waals surface area (Å²) in [5.41, 5.74) is 3.37. The van der Waals surface area contributed by atoms with Gasteiger partial charge >= 0.3 is 0 Å². The second kappa shape index (κ2) is 10.7. The van der Waals surface area contributed by atoms with E-state index < -0.39 is 0 Å². The lowest BCUT2D eigenvalue weighted by Crippen LogP contribution is -2.26. The molecule has 1 aromatic heterocycles. The number of nitrogens with zero attached hydrogens (tertiary/aromatic N) is 2. The summed E-state index contributed by atoms with van der Waals surface area (Å²) in [6, 6.07) is 15.1. The van der Waals surface area contributed by atoms with Crippen LogP contribution in [0.5, 0.6) is 0 Å². The molecule has 3 aromatic rings. The first-order valence-electron chi connectivity index (χ1n) is 9.99. The first kappa shape index (κ1) is 21.7. The van der Waals surface area contributed by atoms with Crippen LogP contribution in [0.25, 0.3) is 0 Å². The van der Waals surface area contributed by atoms with Gasteiger partial charge in [0, 0.05) is 35.9 Å². The standard InChI is InChI=1S/C23H26N4O2S/c1-3-27(4-2)16-19-9-6-5-8-18(19)15-25-21(28)17-10-7-11-20(14-17)26-22(29)23-24-12-13-30-23/h5-14H,3-4,15-16H2,1-2H3,(H,25,28)(H,26,29). The molecule has 2 amide bonds. The highest BCUT2D eigenvalue weighted by Crippen LogP contribution is 2.15. The molecule has 1 heterocycles. The van der Waals surface area contributed by atoms with Crippen molar-refractivity contribution in [3.05, 3.63) is 81.8 Å². The van der Waals surface area contributed by atoms with Crippen LogP contribution in [-0.2, 0) is 13.1 Å². The van der Waals surface area contributed by atoms with E-state index in [1.54, 1.807) is 35.8 Å². The zero-order chi connectivity index (χ0) is 21.3. The van der Waals surface area contributed by atoms with Crippen molar-refractivity contribution in [2.24, 2.45) is 0 Å². The zero-order valence-electron chi connectivity index (χ0n) is 17.2. The molecule has 2 N–H and O–H groups in total. The Hall–Kier alpha value is -3.03. The minimum Gasteiger partial charge on any atom is -0.348 e. The van der Waals surface area contributed by atoms with Gasteiger partial charge in [-0.05, 0) is 42.4 Å². The van der Waals surface area contributed by atoms with E-state index in [2.05, 4.69) is 40.4 Å². The molecular formula is C23H26N4O2S. The van der Waals surface area contributed by atoms with Gasteiger partial charge in [-0.3, -0.25) is 14.5 Å². The Morgan fingerprint density at radius 1 is 1.00 bits per heavy atom. The van der Waals surface area contributed by atoms with Gasteiger partial charge in [-0.15, -0.1) is 11.3 Å². The number of carbonyl (C=O) groups is 2. The average molecular weight is 423 g/mol. The maximum absolute atomic E-state index is 12.7. The molecule has 30 heavy (non-hydrogen) atoms. The number of aromatic nitrogens is 1. The van der Waals surface area contributed by atoms with Crippen molar-refractivity contribution in [1.82, 2.24) is 15.2 Å². The maximum Gasteiger partial charge on any atom is 0.284 e. The van der Waals surface area contributed by atoms with Gasteiger partial charge in [0.1, 0.15) is 0 Å². The van der Waals surface area contributed by atoms with Gasteiger partial charge in [0.05, 0.1) is 0 Å². The van der Waals surface area contributed by atoms with Crippen molar-refractivity contribution in [3.63, 3.8) is 0 Å². The van der Waals surface area contributed by atoms with Gasteiger partial charge < -0.3 is 10.6 Å². The smallest absolute Gasteiger partial charge is 0.284 e. The molecule has 0 spiro atoms. The lowest BCUT2D eigenvalue weighted by molar-refractivity contribution is 0.0949. The van der Waals surface area contributed by atoms with E-state index in [4.69, 9.17) is 0 Å². The third-order valence-corrected chi connectivity index (χ3v) is 5.63. The first-order chi connectivity index (χ1) is 14.6. The minimum absolute atomic E-state index is 0.182. The summed E-state index contributed by atoms with van der Waals surface area (Å²) in [7, 11) is 0. The molecule has 0 saturated heterocycles. The number of anilines is 1. The summed E-state index contributed by atoms with van der Waals surface area (Å²) in [6.45, 7) is 7.57. The number of thiazole rings is 1. The van der Waals surface area contributed by atoms with Crippen molar-refractivity contribution in [1.29, 1.82) is 0 Å². The molecule has 0 saturated carbocycles. The molecule has 0 radical (unpaired) electrons. The highest BCUT2D eigenvalue weighted by molar-refractivity contribution is 7.11. The van der Waals surface area contributed by atoms with Crippen LogP contribution in [0.15, 0.2) is 60.1 Å². The van der Waals surface area contributed by atoms with Gasteiger partial charge in [0.25, 0.3) is 11.8 Å². The van der Waals surface area contributed by atoms with Crippen LogP contribution in [-0.4, -0.2) is 34.8 Å². The fourth-order valence-electron chi connectivity index (χ4n) is 3.11. The fourth-order valence-corrected chi connectivity index (χ4v) is 3.64. The molecule has 0 atom stereocenters. The third kappa shape index (κ3) is 5.75. The van der Waals surface area contributed by atoms with Gasteiger partial charge in [0.15, 0.2) is 5.01 Å². The number of carbonyl (C=O) groups excluding carboxylic acids is 2. The molecule has 0 aliphatic rings. The molecule has 0 bridgehead atoms. The SMILES string of the molecule is CCN(CC)Cc1ccccc1CNC(=O)c1cccc(NC(=O)c2nccs2)c1. The highest BCUT2D eigenvalue weighted by Gasteiger charge is 2.12. The average Bonchev–Trinajstić information content (AvgIpc) is 3.32. The molecule has 156 valence electrons. The van der Waals surface area contributed by atoms with Crippen molar-refractivity contribution >= 4 is 28.8 Å². The normalized spacial score (nSPS) is 10.8. The summed E-state index contributed by atoms with van der Waals surface area (Å²) in [4.78, 5) is 31.2. The van der Waals surface area contributed by atoms with Gasteiger partial charge in [-0.1, -0.05) is 44.2 Å². The molecule has 6 nitrogen and oxygen atoms in total. The molecule has 0 aliphatic carbocycles. The van der Waals surface area contributed by atoms with Crippen LogP contribution in [0.4, 0.5) is 5.69 Å². The van der Waals surface area contributed by atoms with Crippen LogP contribution >= 0.6 is 11.3 Å². The van der Waals surface area contributed by atoms with E-state index in [0.29, 0.717) is 22.8 Å². The lowest BCUT2D eigenvalue weighted by Gasteiger charge is -2.20. The minimum atomic E-state index is -0.284. The molecule has 2 aromatic carbocycles. The van der Waals surface area contributed by atoms with E-state index in [1.807, 2.05) is 18.2 Å². The zero-order valence-corrected chi connectivity index (χ0v) is 18.0. The van der Waals surface area contributed by atoms with Crippen molar-refractivity contribution in [2.45, 2.75) is 26.9 Å². The molecule has 0 fully saturated rings. The molecule has 0 aliphatic heterocycles. The van der Waals surface area contributed by atoms with E-state index >= 15 is 0 Å². The number of hydrogen-bond donors (Lipinski definition) is 2. The molecular weight excluding hydrogens is 396 g/mol. The maximum atomic E-state index is 12.7. The van der Waals surface area contributed by atoms with E-state index in [1.165, 1.54) is 16.9 Å². The van der Waals surface area contributed by atoms with E-state index in [-0.39, 0.29) is 11.8 Å². The van der Waals surface area contributed by atoms with Crippen LogP contribution in [0.3, 0.4) is 0 Å². The quantitative estimate of drug-likeness (QED) is 0.543. The Balaban J connectivity index is 1.64. The fraction of sp³-hybridized carbons (Fsp3) is 0.261. The van der Waals surface area contributed by atoms with Gasteiger partial charge in [-0.25, -0.2) is 4.98 Å². The number of hydrogen-bond acceptors (Lipinski definition) is 5. The van der Waals surface area contributed by atoms with Crippen molar-refractivity contribution in [3.8, 4) is 0 Å². The van der Waals surface area contributed by atoms with Crippen LogP contribution in [0.1, 0.15) is 45.1 Å². The number of benzene rings is 2. The third-order valence-electron chi connectivity index (χ3n) is 4.86. The predicted molar refractivity (Wildman–Crippen MR) is 121 cm³/mol. The van der Waals surface area contributed by atoms with Gasteiger partial charge in [0.2, 0.25) is 0 Å². The molecule has 3 rings (SSSR count).